The van der Waals surface area contributed by atoms with Gasteiger partial charge in [-0.3, -0.25) is 9.59 Å². The normalized spacial score (nSPS) is 26.4. The molecule has 0 aliphatic carbocycles. The summed E-state index contributed by atoms with van der Waals surface area (Å²) in [6, 6.07) is 0. The zero-order valence-electron chi connectivity index (χ0n) is 12.9. The van der Waals surface area contributed by atoms with Gasteiger partial charge in [0.05, 0.1) is 5.60 Å². The Morgan fingerprint density at radius 3 is 2.11 bits per heavy atom. The quantitative estimate of drug-likeness (QED) is 0.482. The van der Waals surface area contributed by atoms with Crippen LogP contribution in [-0.4, -0.2) is 32.7 Å². The minimum absolute atomic E-state index is 0.113. The van der Waals surface area contributed by atoms with Crippen LogP contribution in [0, 0.1) is 11.3 Å². The SMILES string of the molecule is CC(=O)OC1NC(=O)[C@@H]1C(C)(O[SiH](C)C)C(C)(C)C. The Balaban J connectivity index is 3.03. The molecule has 110 valence electrons. The van der Waals surface area contributed by atoms with E-state index in [1.54, 1.807) is 0 Å². The number of hydrogen-bond acceptors (Lipinski definition) is 4. The molecule has 1 aliphatic rings. The number of nitrogens with one attached hydrogen (secondary N) is 1. The average Bonchev–Trinajstić information content (AvgIpc) is 2.11. The Morgan fingerprint density at radius 1 is 1.26 bits per heavy atom. The fourth-order valence-corrected chi connectivity index (χ4v) is 3.86. The fraction of sp³-hybridized carbons (Fsp3) is 0.846. The van der Waals surface area contributed by atoms with Gasteiger partial charge in [-0.05, 0) is 25.4 Å². The first-order chi connectivity index (χ1) is 8.49. The van der Waals surface area contributed by atoms with Crippen molar-refractivity contribution in [1.82, 2.24) is 5.32 Å². The van der Waals surface area contributed by atoms with Gasteiger partial charge in [-0.15, -0.1) is 0 Å². The van der Waals surface area contributed by atoms with Crippen molar-refractivity contribution in [3.63, 3.8) is 0 Å². The lowest BCUT2D eigenvalue weighted by atomic mass is 9.67. The summed E-state index contributed by atoms with van der Waals surface area (Å²) in [4.78, 5) is 23.0. The molecule has 0 radical (unpaired) electrons. The zero-order valence-corrected chi connectivity index (χ0v) is 14.0. The van der Waals surface area contributed by atoms with E-state index in [0.29, 0.717) is 0 Å². The molecule has 0 aromatic carbocycles. The van der Waals surface area contributed by atoms with Crippen molar-refractivity contribution in [2.75, 3.05) is 0 Å². The largest absolute Gasteiger partial charge is 0.441 e. The summed E-state index contributed by atoms with van der Waals surface area (Å²) in [6.45, 7) is 13.6. The van der Waals surface area contributed by atoms with Crippen LogP contribution in [0.5, 0.6) is 0 Å². The number of carbonyl (C=O) groups excluding carboxylic acids is 2. The van der Waals surface area contributed by atoms with E-state index in [1.807, 2.05) is 27.7 Å². The Bertz CT molecular complexity index is 377. The average molecular weight is 287 g/mol. The second kappa shape index (κ2) is 5.24. The summed E-state index contributed by atoms with van der Waals surface area (Å²) in [5.74, 6) is -0.960. The van der Waals surface area contributed by atoms with Gasteiger partial charge in [-0.2, -0.15) is 0 Å². The van der Waals surface area contributed by atoms with Crippen molar-refractivity contribution in [1.29, 1.82) is 0 Å². The van der Waals surface area contributed by atoms with Crippen LogP contribution >= 0.6 is 0 Å². The molecule has 5 nitrogen and oxygen atoms in total. The first kappa shape index (κ1) is 16.2. The third-order valence-corrected chi connectivity index (χ3v) is 4.69. The molecule has 1 saturated heterocycles. The zero-order chi connectivity index (χ0) is 15.0. The number of ether oxygens (including phenoxy) is 1. The topological polar surface area (TPSA) is 64.6 Å². The molecule has 0 aromatic rings. The minimum Gasteiger partial charge on any atom is -0.441 e. The van der Waals surface area contributed by atoms with Gasteiger partial charge in [-0.1, -0.05) is 20.8 Å². The summed E-state index contributed by atoms with van der Waals surface area (Å²) < 4.78 is 11.3. The van der Waals surface area contributed by atoms with E-state index in [1.165, 1.54) is 6.92 Å². The van der Waals surface area contributed by atoms with E-state index in [2.05, 4.69) is 18.4 Å². The van der Waals surface area contributed by atoms with Crippen molar-refractivity contribution >= 4 is 20.9 Å². The van der Waals surface area contributed by atoms with Crippen molar-refractivity contribution in [3.05, 3.63) is 0 Å². The lowest BCUT2D eigenvalue weighted by molar-refractivity contribution is -0.193. The summed E-state index contributed by atoms with van der Waals surface area (Å²) in [6.07, 6.45) is -0.582. The molecule has 6 heteroatoms. The Kier molecular flexibility index (Phi) is 4.46. The molecule has 0 saturated carbocycles. The molecule has 1 heterocycles. The maximum atomic E-state index is 11.9. The standard InChI is InChI=1S/C13H25NO4Si/c1-8(15)17-11-9(10(16)14-11)13(5,12(2,3)4)18-19(6)7/h9,11,19H,1-7H3,(H,14,16)/t9-,11?,13?/m0/s1. The van der Waals surface area contributed by atoms with Crippen LogP contribution in [0.15, 0.2) is 0 Å². The maximum absolute atomic E-state index is 11.9. The minimum atomic E-state index is -1.34. The first-order valence-electron chi connectivity index (χ1n) is 6.64. The highest BCUT2D eigenvalue weighted by Gasteiger charge is 2.58. The molecule has 1 amide bonds. The third-order valence-electron chi connectivity index (χ3n) is 3.73. The maximum Gasteiger partial charge on any atom is 0.304 e. The number of β-lactam (4-membered cyclic amide) rings is 1. The van der Waals surface area contributed by atoms with Crippen molar-refractivity contribution in [2.24, 2.45) is 11.3 Å². The molecule has 0 aromatic heterocycles. The lowest BCUT2D eigenvalue weighted by Crippen LogP contribution is -2.71. The Morgan fingerprint density at radius 2 is 1.79 bits per heavy atom. The van der Waals surface area contributed by atoms with Crippen LogP contribution in [-0.2, 0) is 18.8 Å². The van der Waals surface area contributed by atoms with Gasteiger partial charge in [-0.25, -0.2) is 0 Å². The van der Waals surface area contributed by atoms with Crippen LogP contribution < -0.4 is 5.32 Å². The van der Waals surface area contributed by atoms with Gasteiger partial charge in [0.1, 0.15) is 5.92 Å². The van der Waals surface area contributed by atoms with Crippen LogP contribution in [0.2, 0.25) is 13.1 Å². The number of carbonyl (C=O) groups is 2. The number of esters is 1. The third kappa shape index (κ3) is 3.17. The second-order valence-corrected chi connectivity index (χ2v) is 8.87. The van der Waals surface area contributed by atoms with Crippen molar-refractivity contribution in [3.8, 4) is 0 Å². The molecule has 1 N–H and O–H groups in total. The van der Waals surface area contributed by atoms with Gasteiger partial charge >= 0.3 is 5.97 Å². The molecular weight excluding hydrogens is 262 g/mol. The van der Waals surface area contributed by atoms with Gasteiger partial charge in [0.25, 0.3) is 0 Å². The summed E-state index contributed by atoms with van der Waals surface area (Å²) >= 11 is 0. The van der Waals surface area contributed by atoms with Crippen molar-refractivity contribution in [2.45, 2.75) is 59.5 Å². The van der Waals surface area contributed by atoms with Gasteiger partial charge in [0.2, 0.25) is 5.91 Å². The van der Waals surface area contributed by atoms with E-state index in [-0.39, 0.29) is 11.3 Å². The van der Waals surface area contributed by atoms with E-state index in [9.17, 15) is 9.59 Å². The lowest BCUT2D eigenvalue weighted by Gasteiger charge is -2.53. The Hall–Kier alpha value is -0.883. The Labute approximate surface area is 116 Å². The van der Waals surface area contributed by atoms with Crippen LogP contribution in [0.4, 0.5) is 0 Å². The number of rotatable bonds is 4. The molecule has 19 heavy (non-hydrogen) atoms. The van der Waals surface area contributed by atoms with Crippen LogP contribution in [0.3, 0.4) is 0 Å². The van der Waals surface area contributed by atoms with E-state index in [0.717, 1.165) is 0 Å². The molecule has 1 rings (SSSR count). The summed E-state index contributed by atoms with van der Waals surface area (Å²) in [7, 11) is -1.34. The van der Waals surface area contributed by atoms with Crippen LogP contribution in [0.25, 0.3) is 0 Å². The highest BCUT2D eigenvalue weighted by Crippen LogP contribution is 2.44. The highest BCUT2D eigenvalue weighted by atomic mass is 28.3. The highest BCUT2D eigenvalue weighted by molar-refractivity contribution is 6.48. The van der Waals surface area contributed by atoms with E-state index >= 15 is 0 Å². The van der Waals surface area contributed by atoms with Crippen LogP contribution in [0.1, 0.15) is 34.6 Å². The van der Waals surface area contributed by atoms with E-state index < -0.39 is 32.8 Å². The van der Waals surface area contributed by atoms with Gasteiger partial charge < -0.3 is 14.5 Å². The number of amides is 1. The van der Waals surface area contributed by atoms with Gasteiger partial charge in [0, 0.05) is 6.92 Å². The number of hydrogen-bond donors (Lipinski definition) is 1. The second-order valence-electron chi connectivity index (χ2n) is 6.54. The monoisotopic (exact) mass is 287 g/mol. The molecule has 3 atom stereocenters. The molecule has 1 fully saturated rings. The van der Waals surface area contributed by atoms with Crippen molar-refractivity contribution < 1.29 is 18.8 Å². The smallest absolute Gasteiger partial charge is 0.304 e. The fourth-order valence-electron chi connectivity index (χ4n) is 2.38. The first-order valence-corrected chi connectivity index (χ1v) is 9.42. The summed E-state index contributed by atoms with van der Waals surface area (Å²) in [5.41, 5.74) is -0.874. The predicted molar refractivity (Wildman–Crippen MR) is 75.0 cm³/mol. The summed E-state index contributed by atoms with van der Waals surface area (Å²) in [5, 5.41) is 2.63. The molecule has 0 spiro atoms. The molecular formula is C13H25NO4Si. The molecule has 2 unspecified atom stereocenters. The van der Waals surface area contributed by atoms with E-state index in [4.69, 9.17) is 9.16 Å². The molecule has 1 aliphatic heterocycles. The van der Waals surface area contributed by atoms with Gasteiger partial charge in [0.15, 0.2) is 15.3 Å². The predicted octanol–water partition coefficient (Wildman–Crippen LogP) is 1.43. The molecule has 0 bridgehead atoms.